The molecule has 0 aliphatic rings. The van der Waals surface area contributed by atoms with Crippen LogP contribution in [-0.2, 0) is 19.6 Å². The van der Waals surface area contributed by atoms with E-state index in [1.165, 1.54) is 38.5 Å². The number of amides is 1. The summed E-state index contributed by atoms with van der Waals surface area (Å²) in [6, 6.07) is 12.1. The number of rotatable bonds is 8. The molecule has 0 spiro atoms. The minimum Gasteiger partial charge on any atom is -0.497 e. The van der Waals surface area contributed by atoms with Gasteiger partial charge in [0.05, 0.1) is 24.7 Å². The normalized spacial score (nSPS) is 10.9. The van der Waals surface area contributed by atoms with Crippen molar-refractivity contribution in [3.8, 4) is 5.75 Å². The Bertz CT molecular complexity index is 892. The highest BCUT2D eigenvalue weighted by Gasteiger charge is 2.14. The molecule has 9 heteroatoms. The minimum atomic E-state index is -3.71. The van der Waals surface area contributed by atoms with Crippen molar-refractivity contribution in [1.29, 1.82) is 0 Å². The predicted octanol–water partition coefficient (Wildman–Crippen LogP) is 1.79. The predicted molar refractivity (Wildman–Crippen MR) is 99.2 cm³/mol. The first-order chi connectivity index (χ1) is 12.9. The molecule has 0 saturated carbocycles. The van der Waals surface area contributed by atoms with E-state index < -0.39 is 16.0 Å². The lowest BCUT2D eigenvalue weighted by atomic mass is 10.2. The summed E-state index contributed by atoms with van der Waals surface area (Å²) >= 11 is 0. The Balaban J connectivity index is 1.85. The zero-order valence-electron chi connectivity index (χ0n) is 14.9. The van der Waals surface area contributed by atoms with Gasteiger partial charge in [0.15, 0.2) is 0 Å². The van der Waals surface area contributed by atoms with Crippen molar-refractivity contribution in [3.05, 3.63) is 54.1 Å². The van der Waals surface area contributed by atoms with Gasteiger partial charge in [0, 0.05) is 18.7 Å². The number of hydrogen-bond acceptors (Lipinski definition) is 6. The largest absolute Gasteiger partial charge is 0.497 e. The van der Waals surface area contributed by atoms with E-state index in [0.29, 0.717) is 17.0 Å². The average Bonchev–Trinajstić information content (AvgIpc) is 2.67. The minimum absolute atomic E-state index is 0.0475. The van der Waals surface area contributed by atoms with Crippen LogP contribution in [0, 0.1) is 0 Å². The van der Waals surface area contributed by atoms with E-state index >= 15 is 0 Å². The summed E-state index contributed by atoms with van der Waals surface area (Å²) in [6.07, 6.45) is -0.0475. The molecule has 0 unspecified atom stereocenters. The first kappa shape index (κ1) is 20.4. The monoisotopic (exact) mass is 392 g/mol. The van der Waals surface area contributed by atoms with E-state index in [4.69, 9.17) is 4.74 Å². The highest BCUT2D eigenvalue weighted by atomic mass is 32.2. The molecule has 0 aromatic heterocycles. The molecule has 0 radical (unpaired) electrons. The van der Waals surface area contributed by atoms with E-state index in [1.807, 2.05) is 0 Å². The molecular weight excluding hydrogens is 372 g/mol. The number of anilines is 1. The maximum Gasteiger partial charge on any atom is 0.337 e. The molecule has 27 heavy (non-hydrogen) atoms. The molecule has 2 aromatic carbocycles. The lowest BCUT2D eigenvalue weighted by Crippen LogP contribution is -2.27. The number of nitrogens with one attached hydrogen (secondary N) is 2. The number of ether oxygens (including phenoxy) is 2. The lowest BCUT2D eigenvalue weighted by molar-refractivity contribution is -0.116. The first-order valence-corrected chi connectivity index (χ1v) is 9.46. The number of carbonyl (C=O) groups excluding carboxylic acids is 2. The Labute approximate surface area is 157 Å². The summed E-state index contributed by atoms with van der Waals surface area (Å²) in [4.78, 5) is 23.4. The van der Waals surface area contributed by atoms with Crippen LogP contribution in [0.2, 0.25) is 0 Å². The SMILES string of the molecule is COC(=O)c1ccc(NC(=O)CCNS(=O)(=O)c2ccc(OC)cc2)cc1. The van der Waals surface area contributed by atoms with Crippen LogP contribution in [-0.4, -0.2) is 41.1 Å². The van der Waals surface area contributed by atoms with Gasteiger partial charge in [-0.05, 0) is 48.5 Å². The summed E-state index contributed by atoms with van der Waals surface area (Å²) in [5.41, 5.74) is 0.855. The van der Waals surface area contributed by atoms with Gasteiger partial charge in [0.2, 0.25) is 15.9 Å². The molecule has 0 bridgehead atoms. The Kier molecular flexibility index (Phi) is 6.91. The molecule has 8 nitrogen and oxygen atoms in total. The third kappa shape index (κ3) is 5.80. The second-order valence-corrected chi connectivity index (χ2v) is 7.21. The van der Waals surface area contributed by atoms with Crippen LogP contribution in [0.1, 0.15) is 16.8 Å². The van der Waals surface area contributed by atoms with Gasteiger partial charge in [0.25, 0.3) is 0 Å². The number of carbonyl (C=O) groups is 2. The molecule has 2 N–H and O–H groups in total. The zero-order chi connectivity index (χ0) is 19.9. The van der Waals surface area contributed by atoms with E-state index in [9.17, 15) is 18.0 Å². The highest BCUT2D eigenvalue weighted by Crippen LogP contribution is 2.15. The van der Waals surface area contributed by atoms with Gasteiger partial charge in [-0.1, -0.05) is 0 Å². The van der Waals surface area contributed by atoms with E-state index in [2.05, 4.69) is 14.8 Å². The second-order valence-electron chi connectivity index (χ2n) is 5.44. The Morgan fingerprint density at radius 2 is 1.59 bits per heavy atom. The van der Waals surface area contributed by atoms with Crippen LogP contribution < -0.4 is 14.8 Å². The number of methoxy groups -OCH3 is 2. The topological polar surface area (TPSA) is 111 Å². The molecule has 0 atom stereocenters. The summed E-state index contributed by atoms with van der Waals surface area (Å²) < 4.78 is 36.3. The Morgan fingerprint density at radius 3 is 2.15 bits per heavy atom. The third-order valence-corrected chi connectivity index (χ3v) is 5.08. The van der Waals surface area contributed by atoms with Crippen molar-refractivity contribution in [3.63, 3.8) is 0 Å². The third-order valence-electron chi connectivity index (χ3n) is 3.60. The van der Waals surface area contributed by atoms with Crippen molar-refractivity contribution in [1.82, 2.24) is 4.72 Å². The number of benzene rings is 2. The van der Waals surface area contributed by atoms with Crippen LogP contribution in [0.25, 0.3) is 0 Å². The van der Waals surface area contributed by atoms with E-state index in [0.717, 1.165) is 0 Å². The molecule has 0 saturated heterocycles. The smallest absolute Gasteiger partial charge is 0.337 e. The molecule has 0 aliphatic heterocycles. The molecule has 2 aromatic rings. The summed E-state index contributed by atoms with van der Waals surface area (Å²) in [5.74, 6) is -0.286. The molecule has 0 heterocycles. The standard InChI is InChI=1S/C18H20N2O6S/c1-25-15-7-9-16(10-8-15)27(23,24)19-12-11-17(21)20-14-5-3-13(4-6-14)18(22)26-2/h3-10,19H,11-12H2,1-2H3,(H,20,21). The van der Waals surface area contributed by atoms with E-state index in [1.54, 1.807) is 24.3 Å². The molecule has 0 fully saturated rings. The molecular formula is C18H20N2O6S. The summed E-state index contributed by atoms with van der Waals surface area (Å²) in [6.45, 7) is -0.0551. The molecule has 0 aliphatic carbocycles. The summed E-state index contributed by atoms with van der Waals surface area (Å²) in [5, 5.41) is 2.62. The lowest BCUT2D eigenvalue weighted by Gasteiger charge is -2.08. The van der Waals surface area contributed by atoms with Crippen molar-refractivity contribution in [2.75, 3.05) is 26.1 Å². The van der Waals surface area contributed by atoms with Crippen molar-refractivity contribution < 1.29 is 27.5 Å². The zero-order valence-corrected chi connectivity index (χ0v) is 15.7. The Hall–Kier alpha value is -2.91. The molecule has 1 amide bonds. The van der Waals surface area contributed by atoms with Gasteiger partial charge in [0.1, 0.15) is 5.75 Å². The van der Waals surface area contributed by atoms with Crippen molar-refractivity contribution in [2.45, 2.75) is 11.3 Å². The molecule has 2 rings (SSSR count). The van der Waals surface area contributed by atoms with Gasteiger partial charge in [-0.3, -0.25) is 4.79 Å². The Morgan fingerprint density at radius 1 is 0.963 bits per heavy atom. The van der Waals surface area contributed by atoms with Gasteiger partial charge in [-0.15, -0.1) is 0 Å². The molecule has 144 valence electrons. The first-order valence-electron chi connectivity index (χ1n) is 7.97. The fourth-order valence-electron chi connectivity index (χ4n) is 2.17. The summed E-state index contributed by atoms with van der Waals surface area (Å²) in [7, 11) is -0.937. The van der Waals surface area contributed by atoms with Crippen LogP contribution >= 0.6 is 0 Å². The number of esters is 1. The maximum atomic E-state index is 12.2. The van der Waals surface area contributed by atoms with Crippen LogP contribution in [0.5, 0.6) is 5.75 Å². The van der Waals surface area contributed by atoms with Crippen LogP contribution in [0.15, 0.2) is 53.4 Å². The van der Waals surface area contributed by atoms with Crippen LogP contribution in [0.3, 0.4) is 0 Å². The maximum absolute atomic E-state index is 12.2. The second kappa shape index (κ2) is 9.15. The van der Waals surface area contributed by atoms with Crippen molar-refractivity contribution >= 4 is 27.6 Å². The van der Waals surface area contributed by atoms with Gasteiger partial charge < -0.3 is 14.8 Å². The fraction of sp³-hybridized carbons (Fsp3) is 0.222. The quantitative estimate of drug-likeness (QED) is 0.663. The number of sulfonamides is 1. The highest BCUT2D eigenvalue weighted by molar-refractivity contribution is 7.89. The van der Waals surface area contributed by atoms with E-state index in [-0.39, 0.29) is 23.8 Å². The number of hydrogen-bond donors (Lipinski definition) is 2. The van der Waals surface area contributed by atoms with Gasteiger partial charge >= 0.3 is 5.97 Å². The van der Waals surface area contributed by atoms with Crippen molar-refractivity contribution in [2.24, 2.45) is 0 Å². The van der Waals surface area contributed by atoms with Gasteiger partial charge in [-0.2, -0.15) is 0 Å². The fourth-order valence-corrected chi connectivity index (χ4v) is 3.20. The average molecular weight is 392 g/mol. The van der Waals surface area contributed by atoms with Gasteiger partial charge in [-0.25, -0.2) is 17.9 Å². The van der Waals surface area contributed by atoms with Crippen LogP contribution in [0.4, 0.5) is 5.69 Å².